The molecule has 0 aromatic heterocycles. The van der Waals surface area contributed by atoms with E-state index in [9.17, 15) is 14.5 Å². The first kappa shape index (κ1) is 15.6. The summed E-state index contributed by atoms with van der Waals surface area (Å²) in [6.45, 7) is -0.555. The van der Waals surface area contributed by atoms with Crippen molar-refractivity contribution in [2.45, 2.75) is 12.5 Å². The summed E-state index contributed by atoms with van der Waals surface area (Å²) in [7, 11) is 1.35. The van der Waals surface area contributed by atoms with E-state index in [0.29, 0.717) is 5.56 Å². The molecule has 0 radical (unpaired) electrons. The summed E-state index contributed by atoms with van der Waals surface area (Å²) >= 11 is 0. The highest BCUT2D eigenvalue weighted by Crippen LogP contribution is 2.29. The molecule has 2 N–H and O–H groups in total. The number of alkyl halides is 1. The zero-order valence-electron chi connectivity index (χ0n) is 9.26. The van der Waals surface area contributed by atoms with E-state index in [1.54, 1.807) is 6.07 Å². The second-order valence-corrected chi connectivity index (χ2v) is 3.27. The molecule has 1 aromatic carbocycles. The molecule has 1 rings (SSSR count). The Kier molecular flexibility index (Phi) is 6.45. The fourth-order valence-electron chi connectivity index (χ4n) is 1.36. The van der Waals surface area contributed by atoms with Gasteiger partial charge >= 0.3 is 5.69 Å². The van der Waals surface area contributed by atoms with Gasteiger partial charge < -0.3 is 10.5 Å². The van der Waals surface area contributed by atoms with E-state index >= 15 is 0 Å². The summed E-state index contributed by atoms with van der Waals surface area (Å²) in [6, 6.07) is 3.85. The molecule has 1 aromatic rings. The predicted octanol–water partition coefficient (Wildman–Crippen LogP) is 2.38. The summed E-state index contributed by atoms with van der Waals surface area (Å²) in [5.41, 5.74) is 6.04. The Hall–Kier alpha value is -1.40. The molecule has 1 atom stereocenters. The molecule has 0 heterocycles. The van der Waals surface area contributed by atoms with Crippen molar-refractivity contribution >= 4 is 18.1 Å². The van der Waals surface area contributed by atoms with Crippen molar-refractivity contribution in [3.05, 3.63) is 33.9 Å². The van der Waals surface area contributed by atoms with Crippen LogP contribution in [0.2, 0.25) is 0 Å². The molecule has 0 aliphatic carbocycles. The second-order valence-electron chi connectivity index (χ2n) is 3.27. The molecular weight excluding hydrogens is 251 g/mol. The highest BCUT2D eigenvalue weighted by molar-refractivity contribution is 5.85. The quantitative estimate of drug-likeness (QED) is 0.654. The zero-order chi connectivity index (χ0) is 12.1. The Morgan fingerprint density at radius 1 is 1.59 bits per heavy atom. The maximum atomic E-state index is 12.1. The van der Waals surface area contributed by atoms with Crippen molar-refractivity contribution in [1.82, 2.24) is 0 Å². The first-order valence-electron chi connectivity index (χ1n) is 4.74. The van der Waals surface area contributed by atoms with Gasteiger partial charge in [-0.1, -0.05) is 6.07 Å². The Morgan fingerprint density at radius 3 is 2.71 bits per heavy atom. The normalized spacial score (nSPS) is 11.5. The van der Waals surface area contributed by atoms with Crippen LogP contribution in [0.25, 0.3) is 0 Å². The highest BCUT2D eigenvalue weighted by Gasteiger charge is 2.17. The van der Waals surface area contributed by atoms with Crippen molar-refractivity contribution < 1.29 is 14.1 Å². The molecule has 0 bridgehead atoms. The van der Waals surface area contributed by atoms with Crippen LogP contribution in [0.5, 0.6) is 5.75 Å². The predicted molar refractivity (Wildman–Crippen MR) is 64.4 cm³/mol. The average molecular weight is 265 g/mol. The van der Waals surface area contributed by atoms with Crippen LogP contribution in [0, 0.1) is 10.1 Å². The van der Waals surface area contributed by atoms with Gasteiger partial charge in [0.25, 0.3) is 0 Å². The molecule has 0 aliphatic rings. The Bertz CT molecular complexity index is 390. The van der Waals surface area contributed by atoms with Gasteiger partial charge in [0, 0.05) is 12.1 Å². The minimum Gasteiger partial charge on any atom is -0.490 e. The molecule has 0 saturated carbocycles. The number of benzene rings is 1. The number of nitrogens with two attached hydrogens (primary N) is 1. The van der Waals surface area contributed by atoms with E-state index in [-0.39, 0.29) is 30.3 Å². The molecule has 0 amide bonds. The minimum atomic E-state index is -0.555. The number of ether oxygens (including phenoxy) is 1. The molecule has 7 heteroatoms. The Balaban J connectivity index is 0.00000256. The van der Waals surface area contributed by atoms with Gasteiger partial charge in [-0.2, -0.15) is 0 Å². The van der Waals surface area contributed by atoms with Crippen molar-refractivity contribution in [3.8, 4) is 5.75 Å². The number of hydrogen-bond acceptors (Lipinski definition) is 4. The lowest BCUT2D eigenvalue weighted by Crippen LogP contribution is -2.11. The van der Waals surface area contributed by atoms with Gasteiger partial charge in [-0.05, 0) is 18.1 Å². The zero-order valence-corrected chi connectivity index (χ0v) is 10.1. The minimum absolute atomic E-state index is 0. The van der Waals surface area contributed by atoms with Gasteiger partial charge in [-0.25, -0.2) is 0 Å². The van der Waals surface area contributed by atoms with Gasteiger partial charge in [0.1, 0.15) is 0 Å². The number of rotatable bonds is 5. The second kappa shape index (κ2) is 7.03. The third-order valence-electron chi connectivity index (χ3n) is 2.25. The van der Waals surface area contributed by atoms with E-state index in [1.807, 2.05) is 0 Å². The first-order valence-corrected chi connectivity index (χ1v) is 4.74. The van der Waals surface area contributed by atoms with Gasteiger partial charge in [0.05, 0.1) is 18.7 Å². The number of nitrogens with zero attached hydrogens (tertiary/aromatic N) is 1. The number of methoxy groups -OCH3 is 1. The molecule has 0 fully saturated rings. The molecular formula is C10H14ClFN2O3. The standard InChI is InChI=1S/C10H13FN2O3.ClH/c1-16-10-3-2-7(8(12)4-5-11)6-9(10)13(14)15;/h2-3,6,8H,4-5,12H2,1H3;1H/t8-;/m0./s1. The van der Waals surface area contributed by atoms with Crippen LogP contribution in [0.4, 0.5) is 10.1 Å². The maximum Gasteiger partial charge on any atom is 0.311 e. The lowest BCUT2D eigenvalue weighted by molar-refractivity contribution is -0.385. The summed E-state index contributed by atoms with van der Waals surface area (Å²) in [6.07, 6.45) is 0.142. The van der Waals surface area contributed by atoms with Gasteiger partial charge in [-0.15, -0.1) is 12.4 Å². The third-order valence-corrected chi connectivity index (χ3v) is 2.25. The SMILES string of the molecule is COc1ccc([C@@H](N)CCF)cc1[N+](=O)[O-].Cl. The smallest absolute Gasteiger partial charge is 0.311 e. The first-order chi connectivity index (χ1) is 7.60. The number of halogens is 2. The van der Waals surface area contributed by atoms with E-state index in [2.05, 4.69) is 0 Å². The van der Waals surface area contributed by atoms with Crippen molar-refractivity contribution in [1.29, 1.82) is 0 Å². The fraction of sp³-hybridized carbons (Fsp3) is 0.400. The van der Waals surface area contributed by atoms with Crippen LogP contribution < -0.4 is 10.5 Å². The maximum absolute atomic E-state index is 12.1. The van der Waals surface area contributed by atoms with Crippen molar-refractivity contribution in [2.24, 2.45) is 5.73 Å². The van der Waals surface area contributed by atoms with Crippen LogP contribution in [-0.2, 0) is 0 Å². The van der Waals surface area contributed by atoms with Crippen LogP contribution in [0.3, 0.4) is 0 Å². The molecule has 0 spiro atoms. The van der Waals surface area contributed by atoms with E-state index in [0.717, 1.165) is 0 Å². The summed E-state index contributed by atoms with van der Waals surface area (Å²) in [5, 5.41) is 10.7. The summed E-state index contributed by atoms with van der Waals surface area (Å²) in [5.74, 6) is 0.168. The molecule has 0 aliphatic heterocycles. The molecule has 5 nitrogen and oxygen atoms in total. The van der Waals surface area contributed by atoms with Gasteiger partial charge in [0.15, 0.2) is 5.75 Å². The van der Waals surface area contributed by atoms with Crippen LogP contribution in [0.1, 0.15) is 18.0 Å². The number of nitro benzene ring substituents is 1. The largest absolute Gasteiger partial charge is 0.490 e. The van der Waals surface area contributed by atoms with Crippen LogP contribution in [0.15, 0.2) is 18.2 Å². The van der Waals surface area contributed by atoms with E-state index in [1.165, 1.54) is 19.2 Å². The molecule has 0 saturated heterocycles. The van der Waals surface area contributed by atoms with Crippen molar-refractivity contribution in [3.63, 3.8) is 0 Å². The highest BCUT2D eigenvalue weighted by atomic mass is 35.5. The van der Waals surface area contributed by atoms with Gasteiger partial charge in [0.2, 0.25) is 0 Å². The Morgan fingerprint density at radius 2 is 2.24 bits per heavy atom. The van der Waals surface area contributed by atoms with Gasteiger partial charge in [-0.3, -0.25) is 14.5 Å². The third kappa shape index (κ3) is 3.83. The monoisotopic (exact) mass is 264 g/mol. The number of nitro groups is 1. The molecule has 0 unspecified atom stereocenters. The van der Waals surface area contributed by atoms with Crippen molar-refractivity contribution in [2.75, 3.05) is 13.8 Å². The number of hydrogen-bond donors (Lipinski definition) is 1. The summed E-state index contributed by atoms with van der Waals surface area (Å²) < 4.78 is 16.9. The molecule has 17 heavy (non-hydrogen) atoms. The average Bonchev–Trinajstić information content (AvgIpc) is 2.28. The molecule has 96 valence electrons. The van der Waals surface area contributed by atoms with Crippen LogP contribution in [-0.4, -0.2) is 18.7 Å². The lowest BCUT2D eigenvalue weighted by atomic mass is 10.0. The summed E-state index contributed by atoms with van der Waals surface area (Å²) in [4.78, 5) is 10.2. The fourth-order valence-corrected chi connectivity index (χ4v) is 1.36. The van der Waals surface area contributed by atoms with E-state index < -0.39 is 17.6 Å². The van der Waals surface area contributed by atoms with Crippen LogP contribution >= 0.6 is 12.4 Å². The topological polar surface area (TPSA) is 78.4 Å². The lowest BCUT2D eigenvalue weighted by Gasteiger charge is -2.10. The van der Waals surface area contributed by atoms with E-state index in [4.69, 9.17) is 10.5 Å². The Labute approximate surface area is 104 Å².